The highest BCUT2D eigenvalue weighted by Crippen LogP contribution is 2.17. The molecule has 80 valence electrons. The summed E-state index contributed by atoms with van der Waals surface area (Å²) in [4.78, 5) is 11.4. The fraction of sp³-hybridized carbons (Fsp3) is 0.300. The third-order valence-electron chi connectivity index (χ3n) is 1.96. The first kappa shape index (κ1) is 9.95. The van der Waals surface area contributed by atoms with Crippen LogP contribution >= 0.6 is 0 Å². The Morgan fingerprint density at radius 1 is 1.47 bits per heavy atom. The van der Waals surface area contributed by atoms with Crippen LogP contribution in [0.25, 0.3) is 0 Å². The van der Waals surface area contributed by atoms with Gasteiger partial charge < -0.3 is 9.47 Å². The topological polar surface area (TPSA) is 50.8 Å². The number of nitrogens with zero attached hydrogens (tertiary/aromatic N) is 1. The second-order valence-electron chi connectivity index (χ2n) is 2.97. The minimum atomic E-state index is -0.692. The zero-order chi connectivity index (χ0) is 10.7. The molecule has 1 N–H and O–H groups in total. The van der Waals surface area contributed by atoms with Crippen LogP contribution in [-0.2, 0) is 9.47 Å². The van der Waals surface area contributed by atoms with Gasteiger partial charge in [0, 0.05) is 6.61 Å². The average Bonchev–Trinajstić information content (AvgIpc) is 2.61. The molecular weight excluding hydrogens is 196 g/mol. The molecular formula is C10H12N2O3. The van der Waals surface area contributed by atoms with Crippen LogP contribution in [0.5, 0.6) is 0 Å². The van der Waals surface area contributed by atoms with Crippen molar-refractivity contribution in [3.8, 4) is 0 Å². The van der Waals surface area contributed by atoms with Crippen LogP contribution < -0.4 is 10.4 Å². The number of nitrogens with one attached hydrogen (secondary N) is 1. The molecule has 1 aliphatic rings. The van der Waals surface area contributed by atoms with Gasteiger partial charge in [-0.2, -0.15) is 5.43 Å². The Morgan fingerprint density at radius 2 is 2.20 bits per heavy atom. The SMILES string of the molecule is CCOC1NN(c2ccccc2)C(=O)O1. The molecule has 0 aliphatic carbocycles. The molecule has 1 amide bonds. The molecule has 5 nitrogen and oxygen atoms in total. The monoisotopic (exact) mass is 208 g/mol. The van der Waals surface area contributed by atoms with Crippen LogP contribution in [0.3, 0.4) is 0 Å². The lowest BCUT2D eigenvalue weighted by Gasteiger charge is -2.13. The second-order valence-corrected chi connectivity index (χ2v) is 2.97. The minimum absolute atomic E-state index is 0.459. The number of ether oxygens (including phenoxy) is 2. The molecule has 2 rings (SSSR count). The maximum Gasteiger partial charge on any atom is 0.432 e. The van der Waals surface area contributed by atoms with Gasteiger partial charge in [-0.15, -0.1) is 0 Å². The van der Waals surface area contributed by atoms with Gasteiger partial charge in [-0.1, -0.05) is 18.2 Å². The van der Waals surface area contributed by atoms with Gasteiger partial charge in [0.15, 0.2) is 0 Å². The third kappa shape index (κ3) is 2.08. The normalized spacial score (nSPS) is 20.5. The van der Waals surface area contributed by atoms with E-state index < -0.39 is 12.5 Å². The Kier molecular flexibility index (Phi) is 2.84. The van der Waals surface area contributed by atoms with Gasteiger partial charge in [0.05, 0.1) is 5.69 Å². The lowest BCUT2D eigenvalue weighted by molar-refractivity contribution is -0.0924. The summed E-state index contributed by atoms with van der Waals surface area (Å²) in [5.74, 6) is 0. The van der Waals surface area contributed by atoms with Crippen molar-refractivity contribution in [3.63, 3.8) is 0 Å². The third-order valence-corrected chi connectivity index (χ3v) is 1.96. The largest absolute Gasteiger partial charge is 0.432 e. The highest BCUT2D eigenvalue weighted by atomic mass is 16.7. The lowest BCUT2D eigenvalue weighted by atomic mass is 10.3. The summed E-state index contributed by atoms with van der Waals surface area (Å²) in [6, 6.07) is 9.19. The van der Waals surface area contributed by atoms with Crippen molar-refractivity contribution in [1.82, 2.24) is 5.43 Å². The number of rotatable bonds is 3. The average molecular weight is 208 g/mol. The molecule has 5 heteroatoms. The first-order valence-electron chi connectivity index (χ1n) is 4.75. The molecule has 1 aromatic rings. The summed E-state index contributed by atoms with van der Waals surface area (Å²) in [5, 5.41) is 1.32. The Bertz CT molecular complexity index is 342. The number of hydrazine groups is 1. The van der Waals surface area contributed by atoms with Crippen molar-refractivity contribution in [2.45, 2.75) is 13.3 Å². The van der Waals surface area contributed by atoms with E-state index in [0.717, 1.165) is 5.69 Å². The zero-order valence-corrected chi connectivity index (χ0v) is 8.34. The zero-order valence-electron chi connectivity index (χ0n) is 8.34. The van der Waals surface area contributed by atoms with Gasteiger partial charge in [-0.25, -0.2) is 9.80 Å². The standard InChI is InChI=1S/C10H12N2O3/c1-2-14-9-11-12(10(13)15-9)8-6-4-3-5-7-8/h3-7,9,11H,2H2,1H3. The number of anilines is 1. The predicted octanol–water partition coefficient (Wildman–Crippen LogP) is 1.47. The van der Waals surface area contributed by atoms with E-state index in [0.29, 0.717) is 6.61 Å². The van der Waals surface area contributed by atoms with E-state index in [1.54, 1.807) is 0 Å². The predicted molar refractivity (Wildman–Crippen MR) is 54.0 cm³/mol. The fourth-order valence-corrected chi connectivity index (χ4v) is 1.31. The van der Waals surface area contributed by atoms with Gasteiger partial charge in [0.2, 0.25) is 0 Å². The fourth-order valence-electron chi connectivity index (χ4n) is 1.31. The van der Waals surface area contributed by atoms with Gasteiger partial charge in [-0.05, 0) is 19.1 Å². The summed E-state index contributed by atoms with van der Waals surface area (Å²) in [6.07, 6.45) is -1.15. The summed E-state index contributed by atoms with van der Waals surface area (Å²) in [5.41, 5.74) is 3.52. The molecule has 1 aliphatic heterocycles. The van der Waals surface area contributed by atoms with Crippen LogP contribution in [0.2, 0.25) is 0 Å². The number of cyclic esters (lactones) is 1. The number of hydrogen-bond donors (Lipinski definition) is 1. The first-order chi connectivity index (χ1) is 7.31. The Morgan fingerprint density at radius 3 is 2.87 bits per heavy atom. The number of para-hydroxylation sites is 1. The highest BCUT2D eigenvalue weighted by Gasteiger charge is 2.31. The molecule has 0 spiro atoms. The maximum atomic E-state index is 11.4. The molecule has 1 aromatic carbocycles. The molecule has 1 heterocycles. The second kappa shape index (κ2) is 4.29. The number of carbonyl (C=O) groups excluding carboxylic acids is 1. The summed E-state index contributed by atoms with van der Waals surface area (Å²) in [7, 11) is 0. The Labute approximate surface area is 87.6 Å². The quantitative estimate of drug-likeness (QED) is 0.817. The maximum absolute atomic E-state index is 11.4. The molecule has 15 heavy (non-hydrogen) atoms. The van der Waals surface area contributed by atoms with Crippen LogP contribution in [-0.4, -0.2) is 19.1 Å². The summed E-state index contributed by atoms with van der Waals surface area (Å²) < 4.78 is 10.1. The van der Waals surface area contributed by atoms with Crippen molar-refractivity contribution in [3.05, 3.63) is 30.3 Å². The van der Waals surface area contributed by atoms with Crippen molar-refractivity contribution in [2.24, 2.45) is 0 Å². The first-order valence-corrected chi connectivity index (χ1v) is 4.75. The van der Waals surface area contributed by atoms with E-state index in [1.807, 2.05) is 37.3 Å². The Hall–Kier alpha value is -1.59. The number of benzene rings is 1. The minimum Gasteiger partial charge on any atom is -0.402 e. The molecule has 1 fully saturated rings. The molecule has 0 radical (unpaired) electrons. The van der Waals surface area contributed by atoms with E-state index in [9.17, 15) is 4.79 Å². The van der Waals surface area contributed by atoms with Crippen molar-refractivity contribution < 1.29 is 14.3 Å². The van der Waals surface area contributed by atoms with E-state index in [1.165, 1.54) is 5.01 Å². The van der Waals surface area contributed by atoms with Gasteiger partial charge in [0.25, 0.3) is 6.41 Å². The van der Waals surface area contributed by atoms with Crippen LogP contribution in [0.4, 0.5) is 10.5 Å². The van der Waals surface area contributed by atoms with E-state index in [4.69, 9.17) is 9.47 Å². The van der Waals surface area contributed by atoms with Gasteiger partial charge in [0.1, 0.15) is 0 Å². The van der Waals surface area contributed by atoms with Crippen molar-refractivity contribution in [1.29, 1.82) is 0 Å². The van der Waals surface area contributed by atoms with E-state index >= 15 is 0 Å². The lowest BCUT2D eigenvalue weighted by Crippen LogP contribution is -2.38. The van der Waals surface area contributed by atoms with E-state index in [2.05, 4.69) is 5.43 Å². The van der Waals surface area contributed by atoms with Crippen LogP contribution in [0.15, 0.2) is 30.3 Å². The summed E-state index contributed by atoms with van der Waals surface area (Å²) in [6.45, 7) is 2.31. The smallest absolute Gasteiger partial charge is 0.402 e. The van der Waals surface area contributed by atoms with Crippen molar-refractivity contribution in [2.75, 3.05) is 11.6 Å². The number of amides is 1. The van der Waals surface area contributed by atoms with E-state index in [-0.39, 0.29) is 0 Å². The molecule has 1 saturated heterocycles. The number of carbonyl (C=O) groups is 1. The summed E-state index contributed by atoms with van der Waals surface area (Å²) >= 11 is 0. The molecule has 1 atom stereocenters. The highest BCUT2D eigenvalue weighted by molar-refractivity contribution is 5.88. The van der Waals surface area contributed by atoms with Gasteiger partial charge in [-0.3, -0.25) is 0 Å². The molecule has 0 bridgehead atoms. The van der Waals surface area contributed by atoms with Crippen LogP contribution in [0.1, 0.15) is 6.92 Å². The van der Waals surface area contributed by atoms with Crippen LogP contribution in [0, 0.1) is 0 Å². The number of hydrogen-bond acceptors (Lipinski definition) is 4. The molecule has 1 unspecified atom stereocenters. The van der Waals surface area contributed by atoms with Gasteiger partial charge >= 0.3 is 6.09 Å². The van der Waals surface area contributed by atoms with Crippen molar-refractivity contribution >= 4 is 11.8 Å². The molecule has 0 aromatic heterocycles. The Balaban J connectivity index is 2.09. The molecule has 0 saturated carbocycles.